The Morgan fingerprint density at radius 3 is 2.27 bits per heavy atom. The van der Waals surface area contributed by atoms with Crippen LogP contribution in [0.15, 0.2) is 11.6 Å². The molecule has 7 heteroatoms. The third kappa shape index (κ3) is 1.86. The number of aliphatic hydroxyl groups excluding tert-OH is 3. The molecule has 2 unspecified atom stereocenters. The standard InChI is InChI=1S/C8H17N3O4/c1-3-10-6(9-15)5(12)7(13)11(4-2)8(10)14/h7-9,12-15H,3-4H2,1-2H3. The van der Waals surface area contributed by atoms with E-state index in [-0.39, 0.29) is 5.82 Å². The normalized spacial score (nSPS) is 28.5. The van der Waals surface area contributed by atoms with E-state index in [0.29, 0.717) is 13.1 Å². The number of hydrogen-bond donors (Lipinski definition) is 5. The zero-order chi connectivity index (χ0) is 11.6. The Morgan fingerprint density at radius 2 is 1.87 bits per heavy atom. The number of hydrogen-bond acceptors (Lipinski definition) is 7. The monoisotopic (exact) mass is 219 g/mol. The van der Waals surface area contributed by atoms with Crippen LogP contribution < -0.4 is 5.48 Å². The van der Waals surface area contributed by atoms with Crippen LogP contribution in [0.3, 0.4) is 0 Å². The number of nitrogens with zero attached hydrogens (tertiary/aromatic N) is 2. The number of likely N-dealkylation sites (N-methyl/N-ethyl adjacent to an activating group) is 1. The molecule has 1 aliphatic heterocycles. The number of aliphatic hydroxyl groups is 3. The first kappa shape index (κ1) is 12.1. The van der Waals surface area contributed by atoms with Crippen LogP contribution >= 0.6 is 0 Å². The minimum absolute atomic E-state index is 0.0813. The predicted octanol–water partition coefficient (Wildman–Crippen LogP) is -1.06. The highest BCUT2D eigenvalue weighted by molar-refractivity contribution is 5.11. The summed E-state index contributed by atoms with van der Waals surface area (Å²) >= 11 is 0. The van der Waals surface area contributed by atoms with Gasteiger partial charge in [0.2, 0.25) is 0 Å². The van der Waals surface area contributed by atoms with Crippen LogP contribution in [0.1, 0.15) is 13.8 Å². The maximum atomic E-state index is 9.81. The lowest BCUT2D eigenvalue weighted by atomic mass is 10.3. The van der Waals surface area contributed by atoms with E-state index >= 15 is 0 Å². The van der Waals surface area contributed by atoms with Crippen LogP contribution in [0.4, 0.5) is 0 Å². The molecular formula is C8H17N3O4. The van der Waals surface area contributed by atoms with Gasteiger partial charge in [-0.25, -0.2) is 4.90 Å². The maximum Gasteiger partial charge on any atom is 0.190 e. The van der Waals surface area contributed by atoms with Gasteiger partial charge < -0.3 is 20.2 Å². The molecule has 0 fully saturated rings. The van der Waals surface area contributed by atoms with Crippen molar-refractivity contribution < 1.29 is 20.5 Å². The van der Waals surface area contributed by atoms with Gasteiger partial charge >= 0.3 is 0 Å². The summed E-state index contributed by atoms with van der Waals surface area (Å²) in [5.41, 5.74) is 1.77. The van der Waals surface area contributed by atoms with E-state index < -0.39 is 18.3 Å². The smallest absolute Gasteiger partial charge is 0.190 e. The second kappa shape index (κ2) is 4.67. The molecule has 0 aromatic rings. The molecule has 1 rings (SSSR count). The van der Waals surface area contributed by atoms with Gasteiger partial charge in [-0.15, -0.1) is 0 Å². The molecule has 0 amide bonds. The van der Waals surface area contributed by atoms with E-state index in [2.05, 4.69) is 0 Å². The fourth-order valence-corrected chi connectivity index (χ4v) is 1.63. The Hall–Kier alpha value is -1.02. The van der Waals surface area contributed by atoms with Crippen LogP contribution in [0.25, 0.3) is 0 Å². The Bertz CT molecular complexity index is 258. The first-order valence-corrected chi connectivity index (χ1v) is 4.80. The molecule has 2 atom stereocenters. The summed E-state index contributed by atoms with van der Waals surface area (Å²) < 4.78 is 0. The summed E-state index contributed by atoms with van der Waals surface area (Å²) in [4.78, 5) is 2.60. The zero-order valence-electron chi connectivity index (χ0n) is 8.75. The Morgan fingerprint density at radius 1 is 1.27 bits per heavy atom. The Kier molecular flexibility index (Phi) is 3.75. The lowest BCUT2D eigenvalue weighted by molar-refractivity contribution is -0.181. The van der Waals surface area contributed by atoms with Gasteiger partial charge in [0.05, 0.1) is 0 Å². The average molecular weight is 219 g/mol. The van der Waals surface area contributed by atoms with Crippen molar-refractivity contribution in [3.63, 3.8) is 0 Å². The second-order valence-corrected chi connectivity index (χ2v) is 3.18. The van der Waals surface area contributed by atoms with E-state index in [1.165, 1.54) is 9.80 Å². The fourth-order valence-electron chi connectivity index (χ4n) is 1.63. The molecule has 0 spiro atoms. The molecule has 15 heavy (non-hydrogen) atoms. The molecule has 1 heterocycles. The maximum absolute atomic E-state index is 9.81. The third-order valence-electron chi connectivity index (χ3n) is 2.48. The molecule has 0 radical (unpaired) electrons. The summed E-state index contributed by atoms with van der Waals surface area (Å²) in [6, 6.07) is 0. The van der Waals surface area contributed by atoms with Crippen molar-refractivity contribution in [3.05, 3.63) is 11.6 Å². The lowest BCUT2D eigenvalue weighted by Gasteiger charge is -2.43. The van der Waals surface area contributed by atoms with Gasteiger partial charge in [0.25, 0.3) is 0 Å². The molecule has 0 bridgehead atoms. The van der Waals surface area contributed by atoms with Gasteiger partial charge in [-0.3, -0.25) is 10.7 Å². The van der Waals surface area contributed by atoms with Crippen molar-refractivity contribution >= 4 is 0 Å². The van der Waals surface area contributed by atoms with E-state index in [9.17, 15) is 15.3 Å². The van der Waals surface area contributed by atoms with Crippen LogP contribution in [-0.2, 0) is 0 Å². The van der Waals surface area contributed by atoms with E-state index in [1.54, 1.807) is 19.3 Å². The average Bonchev–Trinajstić information content (AvgIpc) is 2.23. The van der Waals surface area contributed by atoms with Crippen molar-refractivity contribution in [2.45, 2.75) is 26.4 Å². The molecule has 0 aliphatic carbocycles. The topological polar surface area (TPSA) is 99.4 Å². The summed E-state index contributed by atoms with van der Waals surface area (Å²) in [6.45, 7) is 4.23. The molecule has 7 nitrogen and oxygen atoms in total. The van der Waals surface area contributed by atoms with Gasteiger partial charge in [-0.05, 0) is 6.92 Å². The molecule has 5 N–H and O–H groups in total. The number of hydroxylamine groups is 1. The molecule has 0 aromatic heterocycles. The molecule has 0 aromatic carbocycles. The molecule has 0 saturated carbocycles. The van der Waals surface area contributed by atoms with Crippen LogP contribution in [0, 0.1) is 0 Å². The lowest BCUT2D eigenvalue weighted by Crippen LogP contribution is -2.58. The number of nitrogens with one attached hydrogen (secondary N) is 1. The molecular weight excluding hydrogens is 202 g/mol. The second-order valence-electron chi connectivity index (χ2n) is 3.18. The minimum Gasteiger partial charge on any atom is -0.505 e. The minimum atomic E-state index is -1.32. The highest BCUT2D eigenvalue weighted by Crippen LogP contribution is 2.23. The molecule has 88 valence electrons. The Labute approximate surface area is 87.8 Å². The highest BCUT2D eigenvalue weighted by Gasteiger charge is 2.37. The number of rotatable bonds is 3. The Balaban J connectivity index is 3.07. The third-order valence-corrected chi connectivity index (χ3v) is 2.48. The predicted molar refractivity (Wildman–Crippen MR) is 51.4 cm³/mol. The van der Waals surface area contributed by atoms with Gasteiger partial charge in [-0.2, -0.15) is 0 Å². The van der Waals surface area contributed by atoms with E-state index in [1.807, 2.05) is 0 Å². The van der Waals surface area contributed by atoms with E-state index in [4.69, 9.17) is 5.21 Å². The first-order valence-electron chi connectivity index (χ1n) is 4.80. The zero-order valence-corrected chi connectivity index (χ0v) is 8.75. The van der Waals surface area contributed by atoms with Crippen molar-refractivity contribution in [2.24, 2.45) is 0 Å². The quantitative estimate of drug-likeness (QED) is 0.386. The van der Waals surface area contributed by atoms with Crippen molar-refractivity contribution in [1.82, 2.24) is 15.3 Å². The van der Waals surface area contributed by atoms with Crippen LogP contribution in [-0.4, -0.2) is 56.0 Å². The SMILES string of the molecule is CCN1C(NO)=C(O)C(O)N(CC)C1O. The largest absolute Gasteiger partial charge is 0.505 e. The highest BCUT2D eigenvalue weighted by atomic mass is 16.5. The molecule has 1 aliphatic rings. The first-order chi connectivity index (χ1) is 7.08. The van der Waals surface area contributed by atoms with Crippen LogP contribution in [0.2, 0.25) is 0 Å². The van der Waals surface area contributed by atoms with Crippen molar-refractivity contribution in [3.8, 4) is 0 Å². The van der Waals surface area contributed by atoms with Gasteiger partial charge in [-0.1, -0.05) is 6.92 Å². The van der Waals surface area contributed by atoms with Gasteiger partial charge in [0, 0.05) is 13.1 Å². The van der Waals surface area contributed by atoms with Gasteiger partial charge in [0.15, 0.2) is 24.2 Å². The van der Waals surface area contributed by atoms with Crippen molar-refractivity contribution in [1.29, 1.82) is 0 Å². The summed E-state index contributed by atoms with van der Waals surface area (Å²) in [5, 5.41) is 37.8. The summed E-state index contributed by atoms with van der Waals surface area (Å²) in [5.74, 6) is -0.492. The summed E-state index contributed by atoms with van der Waals surface area (Å²) in [7, 11) is 0. The van der Waals surface area contributed by atoms with Crippen molar-refractivity contribution in [2.75, 3.05) is 13.1 Å². The molecule has 0 saturated heterocycles. The summed E-state index contributed by atoms with van der Waals surface area (Å²) in [6.07, 6.45) is -2.40. The van der Waals surface area contributed by atoms with Gasteiger partial charge in [0.1, 0.15) is 0 Å². The van der Waals surface area contributed by atoms with Crippen LogP contribution in [0.5, 0.6) is 0 Å². The van der Waals surface area contributed by atoms with E-state index in [0.717, 1.165) is 0 Å². The fraction of sp³-hybridized carbons (Fsp3) is 0.750.